The number of carbonyl (C=O) groups is 1. The van der Waals surface area contributed by atoms with Crippen LogP contribution in [0.4, 0.5) is 4.79 Å². The summed E-state index contributed by atoms with van der Waals surface area (Å²) in [7, 11) is 0. The lowest BCUT2D eigenvalue weighted by atomic mass is 10.1. The van der Waals surface area contributed by atoms with Crippen molar-refractivity contribution in [2.24, 2.45) is 11.0 Å². The zero-order valence-corrected chi connectivity index (χ0v) is 7.75. The third-order valence-corrected chi connectivity index (χ3v) is 1.96. The fraction of sp³-hybridized carbons (Fsp3) is 0.222. The van der Waals surface area contributed by atoms with E-state index in [4.69, 9.17) is 5.73 Å². The summed E-state index contributed by atoms with van der Waals surface area (Å²) in [5, 5.41) is 3.28. The van der Waals surface area contributed by atoms with E-state index in [0.717, 1.165) is 5.56 Å². The van der Waals surface area contributed by atoms with Gasteiger partial charge in [-0.25, -0.2) is 4.79 Å². The standard InChI is InChI=1S/C9H11N3O2/c1-7(12(11-14)9(10)13)8-5-3-2-4-6-8/h2-7H,1H3,(H2,10,13). The third-order valence-electron chi connectivity index (χ3n) is 1.96. The Kier molecular flexibility index (Phi) is 3.17. The Bertz CT molecular complexity index is 326. The molecule has 0 heterocycles. The van der Waals surface area contributed by atoms with Crippen molar-refractivity contribution in [3.05, 3.63) is 40.8 Å². The molecule has 0 fully saturated rings. The molecule has 5 heteroatoms. The third kappa shape index (κ3) is 2.07. The van der Waals surface area contributed by atoms with Gasteiger partial charge < -0.3 is 5.73 Å². The SMILES string of the molecule is CC(c1ccccc1)N(N=O)C(N)=O. The molecule has 0 aliphatic carbocycles. The van der Waals surface area contributed by atoms with Crippen LogP contribution in [0, 0.1) is 4.91 Å². The minimum Gasteiger partial charge on any atom is -0.350 e. The van der Waals surface area contributed by atoms with Crippen LogP contribution in [0.2, 0.25) is 0 Å². The van der Waals surface area contributed by atoms with Crippen LogP contribution in [0.15, 0.2) is 35.6 Å². The van der Waals surface area contributed by atoms with Gasteiger partial charge in [0, 0.05) is 0 Å². The van der Waals surface area contributed by atoms with Gasteiger partial charge in [0.2, 0.25) is 0 Å². The molecule has 1 aromatic rings. The molecule has 1 atom stereocenters. The van der Waals surface area contributed by atoms with Crippen LogP contribution >= 0.6 is 0 Å². The van der Waals surface area contributed by atoms with Crippen LogP contribution in [0.25, 0.3) is 0 Å². The van der Waals surface area contributed by atoms with Gasteiger partial charge >= 0.3 is 6.03 Å². The molecule has 2 amide bonds. The Hall–Kier alpha value is -1.91. The fourth-order valence-corrected chi connectivity index (χ4v) is 1.17. The van der Waals surface area contributed by atoms with E-state index in [-0.39, 0.29) is 0 Å². The number of amides is 2. The van der Waals surface area contributed by atoms with Crippen LogP contribution in [0.1, 0.15) is 18.5 Å². The molecule has 1 rings (SSSR count). The summed E-state index contributed by atoms with van der Waals surface area (Å²) in [6.45, 7) is 1.68. The molecule has 0 radical (unpaired) electrons. The predicted molar refractivity (Wildman–Crippen MR) is 52.1 cm³/mol. The van der Waals surface area contributed by atoms with Crippen molar-refractivity contribution in [1.29, 1.82) is 0 Å². The Labute approximate surface area is 81.5 Å². The average Bonchev–Trinajstić information content (AvgIpc) is 2.19. The van der Waals surface area contributed by atoms with E-state index in [1.165, 1.54) is 0 Å². The molecule has 0 saturated heterocycles. The first-order valence-electron chi connectivity index (χ1n) is 4.13. The number of hydrogen-bond donors (Lipinski definition) is 1. The normalized spacial score (nSPS) is 11.8. The molecule has 0 bridgehead atoms. The van der Waals surface area contributed by atoms with Crippen molar-refractivity contribution in [3.63, 3.8) is 0 Å². The zero-order chi connectivity index (χ0) is 10.6. The van der Waals surface area contributed by atoms with Gasteiger partial charge in [0.15, 0.2) is 0 Å². The Morgan fingerprint density at radius 3 is 2.43 bits per heavy atom. The highest BCUT2D eigenvalue weighted by Crippen LogP contribution is 2.19. The van der Waals surface area contributed by atoms with Gasteiger partial charge in [-0.15, -0.1) is 4.91 Å². The van der Waals surface area contributed by atoms with Gasteiger partial charge in [0.1, 0.15) is 0 Å². The summed E-state index contributed by atoms with van der Waals surface area (Å²) in [5.41, 5.74) is 5.79. The quantitative estimate of drug-likeness (QED) is 0.587. The molecule has 0 aliphatic rings. The second kappa shape index (κ2) is 4.36. The minimum absolute atomic E-state index is 0.439. The number of benzene rings is 1. The molecule has 1 unspecified atom stereocenters. The molecule has 74 valence electrons. The number of primary amides is 1. The molecule has 0 aliphatic heterocycles. The lowest BCUT2D eigenvalue weighted by Crippen LogP contribution is -2.33. The van der Waals surface area contributed by atoms with E-state index in [9.17, 15) is 9.70 Å². The molecule has 0 spiro atoms. The van der Waals surface area contributed by atoms with Gasteiger partial charge in [0.05, 0.1) is 11.3 Å². The lowest BCUT2D eigenvalue weighted by molar-refractivity contribution is 0.191. The molecular formula is C9H11N3O2. The summed E-state index contributed by atoms with van der Waals surface area (Å²) in [6.07, 6.45) is 0. The van der Waals surface area contributed by atoms with Crippen molar-refractivity contribution >= 4 is 6.03 Å². The highest BCUT2D eigenvalue weighted by atomic mass is 16.3. The van der Waals surface area contributed by atoms with Crippen molar-refractivity contribution in [3.8, 4) is 0 Å². The van der Waals surface area contributed by atoms with E-state index in [0.29, 0.717) is 5.01 Å². The van der Waals surface area contributed by atoms with Gasteiger partial charge in [-0.3, -0.25) is 0 Å². The number of nitrogens with two attached hydrogens (primary N) is 1. The summed E-state index contributed by atoms with van der Waals surface area (Å²) in [4.78, 5) is 21.1. The monoisotopic (exact) mass is 193 g/mol. The van der Waals surface area contributed by atoms with Crippen molar-refractivity contribution in [1.82, 2.24) is 5.01 Å². The molecule has 5 nitrogen and oxygen atoms in total. The van der Waals surface area contributed by atoms with Crippen LogP contribution in [-0.4, -0.2) is 11.0 Å². The molecule has 0 aromatic heterocycles. The maximum Gasteiger partial charge on any atom is 0.338 e. The zero-order valence-electron chi connectivity index (χ0n) is 7.75. The Morgan fingerprint density at radius 1 is 1.43 bits per heavy atom. The molecular weight excluding hydrogens is 182 g/mol. The second-order valence-electron chi connectivity index (χ2n) is 2.85. The smallest absolute Gasteiger partial charge is 0.338 e. The first-order valence-corrected chi connectivity index (χ1v) is 4.13. The van der Waals surface area contributed by atoms with Gasteiger partial charge in [-0.1, -0.05) is 30.3 Å². The summed E-state index contributed by atoms with van der Waals surface area (Å²) < 4.78 is 0. The molecule has 14 heavy (non-hydrogen) atoms. The fourth-order valence-electron chi connectivity index (χ4n) is 1.17. The second-order valence-corrected chi connectivity index (χ2v) is 2.85. The maximum absolute atomic E-state index is 10.8. The summed E-state index contributed by atoms with van der Waals surface area (Å²) in [6, 6.07) is 7.78. The Balaban J connectivity index is 2.88. The lowest BCUT2D eigenvalue weighted by Gasteiger charge is -2.18. The first kappa shape index (κ1) is 10.2. The van der Waals surface area contributed by atoms with Crippen molar-refractivity contribution in [2.75, 3.05) is 0 Å². The minimum atomic E-state index is -0.851. The number of carbonyl (C=O) groups excluding carboxylic acids is 1. The number of nitrogens with zero attached hydrogens (tertiary/aromatic N) is 2. The van der Waals surface area contributed by atoms with Gasteiger partial charge in [-0.05, 0) is 12.5 Å². The van der Waals surface area contributed by atoms with E-state index < -0.39 is 12.1 Å². The van der Waals surface area contributed by atoms with Crippen LogP contribution in [0.3, 0.4) is 0 Å². The van der Waals surface area contributed by atoms with E-state index >= 15 is 0 Å². The van der Waals surface area contributed by atoms with Crippen molar-refractivity contribution < 1.29 is 4.79 Å². The number of urea groups is 1. The highest BCUT2D eigenvalue weighted by Gasteiger charge is 2.19. The average molecular weight is 193 g/mol. The summed E-state index contributed by atoms with van der Waals surface area (Å²) in [5.74, 6) is 0. The molecule has 0 saturated carbocycles. The van der Waals surface area contributed by atoms with E-state index in [1.54, 1.807) is 19.1 Å². The largest absolute Gasteiger partial charge is 0.350 e. The maximum atomic E-state index is 10.8. The van der Waals surface area contributed by atoms with Gasteiger partial charge in [-0.2, -0.15) is 5.01 Å². The topological polar surface area (TPSA) is 75.8 Å². The van der Waals surface area contributed by atoms with E-state index in [2.05, 4.69) is 5.29 Å². The Morgan fingerprint density at radius 2 is 2.00 bits per heavy atom. The van der Waals surface area contributed by atoms with Gasteiger partial charge in [0.25, 0.3) is 0 Å². The summed E-state index contributed by atoms with van der Waals surface area (Å²) >= 11 is 0. The van der Waals surface area contributed by atoms with E-state index in [1.807, 2.05) is 18.2 Å². The molecule has 1 aromatic carbocycles. The number of rotatable bonds is 3. The number of nitroso groups, excluding NO2 is 1. The van der Waals surface area contributed by atoms with Crippen LogP contribution in [-0.2, 0) is 0 Å². The highest BCUT2D eigenvalue weighted by molar-refractivity contribution is 5.72. The first-order chi connectivity index (χ1) is 6.66. The predicted octanol–water partition coefficient (Wildman–Crippen LogP) is 1.81. The van der Waals surface area contributed by atoms with Crippen molar-refractivity contribution in [2.45, 2.75) is 13.0 Å². The number of hydrogen-bond acceptors (Lipinski definition) is 3. The molecule has 2 N–H and O–H groups in total. The van der Waals surface area contributed by atoms with Crippen LogP contribution in [0.5, 0.6) is 0 Å². The van der Waals surface area contributed by atoms with Crippen LogP contribution < -0.4 is 5.73 Å².